The number of hydrogen-bond donors (Lipinski definition) is 2. The van der Waals surface area contributed by atoms with E-state index in [2.05, 4.69) is 20.6 Å². The molecule has 1 aromatic carbocycles. The highest BCUT2D eigenvalue weighted by molar-refractivity contribution is 6.04. The van der Waals surface area contributed by atoms with E-state index in [1.807, 2.05) is 29.9 Å². The Labute approximate surface area is 133 Å². The second kappa shape index (κ2) is 5.53. The Morgan fingerprint density at radius 3 is 3.00 bits per heavy atom. The van der Waals surface area contributed by atoms with Gasteiger partial charge in [-0.2, -0.15) is 10.2 Å². The van der Waals surface area contributed by atoms with Gasteiger partial charge < -0.3 is 5.32 Å². The maximum atomic E-state index is 12.5. The number of aromatic nitrogens is 4. The van der Waals surface area contributed by atoms with Crippen molar-refractivity contribution in [3.63, 3.8) is 0 Å². The Morgan fingerprint density at radius 1 is 1.35 bits per heavy atom. The highest BCUT2D eigenvalue weighted by Gasteiger charge is 2.19. The third-order valence-corrected chi connectivity index (χ3v) is 4.57. The summed E-state index contributed by atoms with van der Waals surface area (Å²) in [5.41, 5.74) is 3.21. The molecule has 0 aliphatic heterocycles. The third kappa shape index (κ3) is 2.60. The van der Waals surface area contributed by atoms with Gasteiger partial charge in [-0.15, -0.1) is 0 Å². The molecule has 1 saturated carbocycles. The van der Waals surface area contributed by atoms with E-state index in [0.717, 1.165) is 35.0 Å². The molecule has 1 aliphatic rings. The number of H-pyrrole nitrogens is 1. The number of anilines is 1. The molecule has 3 aromatic rings. The molecule has 0 radical (unpaired) electrons. The Morgan fingerprint density at radius 2 is 2.17 bits per heavy atom. The molecule has 1 aliphatic carbocycles. The maximum Gasteiger partial charge on any atom is 0.276 e. The summed E-state index contributed by atoms with van der Waals surface area (Å²) in [4.78, 5) is 12.5. The van der Waals surface area contributed by atoms with Gasteiger partial charge in [-0.05, 0) is 43.5 Å². The minimum Gasteiger partial charge on any atom is -0.320 e. The van der Waals surface area contributed by atoms with Crippen LogP contribution in [0.25, 0.3) is 10.9 Å². The van der Waals surface area contributed by atoms with Gasteiger partial charge in [0.2, 0.25) is 0 Å². The number of hydrogen-bond acceptors (Lipinski definition) is 3. The van der Waals surface area contributed by atoms with Crippen LogP contribution in [0.15, 0.2) is 30.6 Å². The van der Waals surface area contributed by atoms with E-state index >= 15 is 0 Å². The highest BCUT2D eigenvalue weighted by Crippen LogP contribution is 2.29. The van der Waals surface area contributed by atoms with E-state index < -0.39 is 0 Å². The summed E-state index contributed by atoms with van der Waals surface area (Å²) in [6, 6.07) is 6.15. The molecule has 0 bridgehead atoms. The van der Waals surface area contributed by atoms with E-state index in [-0.39, 0.29) is 5.91 Å². The second-order valence-electron chi connectivity index (χ2n) is 6.20. The zero-order valence-corrected chi connectivity index (χ0v) is 13.0. The molecular formula is C17H19N5O. The van der Waals surface area contributed by atoms with E-state index in [1.54, 1.807) is 12.3 Å². The number of aryl methyl sites for hydroxylation is 1. The summed E-state index contributed by atoms with van der Waals surface area (Å²) in [6.07, 6.45) is 8.46. The van der Waals surface area contributed by atoms with Gasteiger partial charge in [0.25, 0.3) is 5.91 Å². The summed E-state index contributed by atoms with van der Waals surface area (Å²) < 4.78 is 1.94. The van der Waals surface area contributed by atoms with Crippen molar-refractivity contribution in [2.75, 3.05) is 5.32 Å². The monoisotopic (exact) mass is 309 g/mol. The van der Waals surface area contributed by atoms with E-state index in [9.17, 15) is 4.79 Å². The molecule has 118 valence electrons. The van der Waals surface area contributed by atoms with Gasteiger partial charge in [-0.25, -0.2) is 0 Å². The molecular weight excluding hydrogens is 290 g/mol. The average Bonchev–Trinajstić information content (AvgIpc) is 3.28. The summed E-state index contributed by atoms with van der Waals surface area (Å²) in [5, 5.41) is 15.3. The summed E-state index contributed by atoms with van der Waals surface area (Å²) in [7, 11) is 0. The van der Waals surface area contributed by atoms with Gasteiger partial charge in [-0.1, -0.05) is 12.8 Å². The van der Waals surface area contributed by atoms with E-state index in [1.165, 1.54) is 12.8 Å². The summed E-state index contributed by atoms with van der Waals surface area (Å²) >= 11 is 0. The van der Waals surface area contributed by atoms with Crippen LogP contribution >= 0.6 is 0 Å². The number of rotatable bonds is 3. The molecule has 2 N–H and O–H groups in total. The molecule has 6 heteroatoms. The number of carbonyl (C=O) groups excluding carboxylic acids is 1. The van der Waals surface area contributed by atoms with Crippen LogP contribution in [0.1, 0.15) is 47.8 Å². The fraction of sp³-hybridized carbons (Fsp3) is 0.353. The van der Waals surface area contributed by atoms with Crippen molar-refractivity contribution >= 4 is 22.5 Å². The lowest BCUT2D eigenvalue weighted by Crippen LogP contribution is -2.15. The minimum absolute atomic E-state index is 0.173. The zero-order valence-electron chi connectivity index (χ0n) is 13.0. The molecule has 0 saturated heterocycles. The lowest BCUT2D eigenvalue weighted by atomic mass is 10.1. The van der Waals surface area contributed by atoms with Crippen LogP contribution in [0.2, 0.25) is 0 Å². The van der Waals surface area contributed by atoms with Crippen LogP contribution in [0.3, 0.4) is 0 Å². The van der Waals surface area contributed by atoms with Gasteiger partial charge in [0, 0.05) is 17.3 Å². The lowest BCUT2D eigenvalue weighted by molar-refractivity contribution is 0.102. The molecule has 6 nitrogen and oxygen atoms in total. The lowest BCUT2D eigenvalue weighted by Gasteiger charge is -2.09. The Balaban J connectivity index is 1.55. The molecule has 2 aromatic heterocycles. The van der Waals surface area contributed by atoms with Gasteiger partial charge in [0.15, 0.2) is 5.69 Å². The topological polar surface area (TPSA) is 75.6 Å². The number of fused-ring (bicyclic) bond motifs is 1. The fourth-order valence-electron chi connectivity index (χ4n) is 3.25. The zero-order chi connectivity index (χ0) is 15.8. The molecule has 1 fully saturated rings. The Hall–Kier alpha value is -2.63. The van der Waals surface area contributed by atoms with Crippen molar-refractivity contribution in [2.45, 2.75) is 38.6 Å². The van der Waals surface area contributed by atoms with Gasteiger partial charge in [0.05, 0.1) is 17.8 Å². The molecule has 0 unspecified atom stereocenters. The normalized spacial score (nSPS) is 15.3. The quantitative estimate of drug-likeness (QED) is 0.778. The van der Waals surface area contributed by atoms with Crippen LogP contribution in [0, 0.1) is 6.92 Å². The molecule has 0 spiro atoms. The molecule has 0 atom stereocenters. The van der Waals surface area contributed by atoms with Gasteiger partial charge in [0.1, 0.15) is 0 Å². The summed E-state index contributed by atoms with van der Waals surface area (Å²) in [6.45, 7) is 1.97. The number of benzene rings is 1. The minimum atomic E-state index is -0.173. The van der Waals surface area contributed by atoms with Crippen molar-refractivity contribution in [2.24, 2.45) is 0 Å². The third-order valence-electron chi connectivity index (χ3n) is 4.57. The predicted octanol–water partition coefficient (Wildman–Crippen LogP) is 3.44. The summed E-state index contributed by atoms with van der Waals surface area (Å²) in [5.74, 6) is -0.173. The van der Waals surface area contributed by atoms with Crippen LogP contribution in [-0.2, 0) is 0 Å². The van der Waals surface area contributed by atoms with Crippen LogP contribution in [0.4, 0.5) is 5.69 Å². The van der Waals surface area contributed by atoms with Gasteiger partial charge >= 0.3 is 0 Å². The molecule has 23 heavy (non-hydrogen) atoms. The number of carbonyl (C=O) groups is 1. The predicted molar refractivity (Wildman–Crippen MR) is 88.5 cm³/mol. The van der Waals surface area contributed by atoms with Crippen molar-refractivity contribution in [1.82, 2.24) is 20.0 Å². The maximum absolute atomic E-state index is 12.5. The van der Waals surface area contributed by atoms with Crippen molar-refractivity contribution in [3.8, 4) is 0 Å². The Bertz CT molecular complexity index is 857. The average molecular weight is 309 g/mol. The van der Waals surface area contributed by atoms with Crippen LogP contribution < -0.4 is 5.32 Å². The molecule has 4 rings (SSSR count). The fourth-order valence-corrected chi connectivity index (χ4v) is 3.25. The number of nitrogens with one attached hydrogen (secondary N) is 2. The number of amides is 1. The Kier molecular flexibility index (Phi) is 3.37. The van der Waals surface area contributed by atoms with Gasteiger partial charge in [-0.3, -0.25) is 14.6 Å². The first-order chi connectivity index (χ1) is 11.2. The highest BCUT2D eigenvalue weighted by atomic mass is 16.1. The second-order valence-corrected chi connectivity index (χ2v) is 6.20. The first kappa shape index (κ1) is 14.0. The van der Waals surface area contributed by atoms with E-state index in [0.29, 0.717) is 11.7 Å². The largest absolute Gasteiger partial charge is 0.320 e. The standard InChI is InChI=1S/C17H19N5O/c1-11-8-16-12(10-18-20-16)9-15(11)19-17(23)14-6-7-22(21-14)13-4-2-3-5-13/h6-10,13H,2-5H2,1H3,(H,18,20)(H,19,23). The number of nitrogens with zero attached hydrogens (tertiary/aromatic N) is 3. The van der Waals surface area contributed by atoms with E-state index in [4.69, 9.17) is 0 Å². The van der Waals surface area contributed by atoms with Crippen LogP contribution in [0.5, 0.6) is 0 Å². The number of aromatic amines is 1. The van der Waals surface area contributed by atoms with Crippen molar-refractivity contribution in [3.05, 3.63) is 41.9 Å². The SMILES string of the molecule is Cc1cc2[nH]ncc2cc1NC(=O)c1ccn(C2CCCC2)n1. The first-order valence-electron chi connectivity index (χ1n) is 8.01. The smallest absolute Gasteiger partial charge is 0.276 e. The van der Waals surface area contributed by atoms with Crippen LogP contribution in [-0.4, -0.2) is 25.9 Å². The first-order valence-corrected chi connectivity index (χ1v) is 8.01. The van der Waals surface area contributed by atoms with Crippen molar-refractivity contribution in [1.29, 1.82) is 0 Å². The molecule has 1 amide bonds. The molecule has 2 heterocycles. The van der Waals surface area contributed by atoms with Crippen molar-refractivity contribution < 1.29 is 4.79 Å².